The average Bonchev–Trinajstić information content (AvgIpc) is 2.63. The highest BCUT2D eigenvalue weighted by Crippen LogP contribution is 2.28. The van der Waals surface area contributed by atoms with Crippen molar-refractivity contribution in [3.63, 3.8) is 0 Å². The Morgan fingerprint density at radius 3 is 2.13 bits per heavy atom. The summed E-state index contributed by atoms with van der Waals surface area (Å²) < 4.78 is 11.0. The summed E-state index contributed by atoms with van der Waals surface area (Å²) in [6, 6.07) is 0. The van der Waals surface area contributed by atoms with Gasteiger partial charge in [0.25, 0.3) is 0 Å². The molecule has 1 saturated carbocycles. The van der Waals surface area contributed by atoms with Gasteiger partial charge >= 0.3 is 0 Å². The molecule has 1 aliphatic carbocycles. The first-order valence-corrected chi connectivity index (χ1v) is 6.18. The van der Waals surface area contributed by atoms with Crippen LogP contribution >= 0.6 is 0 Å². The van der Waals surface area contributed by atoms with Crippen molar-refractivity contribution in [2.24, 2.45) is 0 Å². The molecule has 0 aromatic rings. The predicted molar refractivity (Wildman–Crippen MR) is 61.9 cm³/mol. The van der Waals surface area contributed by atoms with E-state index in [1.165, 1.54) is 25.7 Å². The molecule has 1 rings (SSSR count). The molecule has 0 aromatic heterocycles. The Bertz CT molecular complexity index is 161. The van der Waals surface area contributed by atoms with Crippen molar-refractivity contribution in [2.75, 3.05) is 19.8 Å². The van der Waals surface area contributed by atoms with E-state index >= 15 is 0 Å². The third kappa shape index (κ3) is 4.49. The van der Waals surface area contributed by atoms with Gasteiger partial charge in [-0.15, -0.1) is 0 Å². The summed E-state index contributed by atoms with van der Waals surface area (Å²) >= 11 is 0. The zero-order valence-corrected chi connectivity index (χ0v) is 10.3. The standard InChI is InChI=1S/C12H25NO2/c1-4-14-11(15-5-2)10-13-12(3)8-6-7-9-12/h11,13H,4-10H2,1-3H3. The third-order valence-electron chi connectivity index (χ3n) is 3.11. The van der Waals surface area contributed by atoms with Crippen molar-refractivity contribution in [3.05, 3.63) is 0 Å². The van der Waals surface area contributed by atoms with Crippen molar-refractivity contribution < 1.29 is 9.47 Å². The van der Waals surface area contributed by atoms with Gasteiger partial charge in [-0.1, -0.05) is 12.8 Å². The first-order chi connectivity index (χ1) is 7.20. The average molecular weight is 215 g/mol. The minimum atomic E-state index is -0.0857. The molecule has 0 amide bonds. The zero-order chi connectivity index (χ0) is 11.1. The van der Waals surface area contributed by atoms with Crippen LogP contribution in [0, 0.1) is 0 Å². The molecule has 0 bridgehead atoms. The van der Waals surface area contributed by atoms with Gasteiger partial charge in [-0.2, -0.15) is 0 Å². The van der Waals surface area contributed by atoms with Gasteiger partial charge in [-0.25, -0.2) is 0 Å². The maximum Gasteiger partial charge on any atom is 0.169 e. The van der Waals surface area contributed by atoms with E-state index in [2.05, 4.69) is 12.2 Å². The maximum absolute atomic E-state index is 5.50. The Hall–Kier alpha value is -0.120. The predicted octanol–water partition coefficient (Wildman–Crippen LogP) is 2.31. The van der Waals surface area contributed by atoms with Crippen LogP contribution in [0.25, 0.3) is 0 Å². The minimum absolute atomic E-state index is 0.0857. The van der Waals surface area contributed by atoms with Crippen molar-refractivity contribution in [1.82, 2.24) is 5.32 Å². The Morgan fingerprint density at radius 1 is 1.13 bits per heavy atom. The molecule has 0 heterocycles. The Balaban J connectivity index is 2.25. The quantitative estimate of drug-likeness (QED) is 0.661. The van der Waals surface area contributed by atoms with Gasteiger partial charge in [0.1, 0.15) is 0 Å². The number of hydrogen-bond acceptors (Lipinski definition) is 3. The van der Waals surface area contributed by atoms with Gasteiger partial charge in [0, 0.05) is 25.3 Å². The topological polar surface area (TPSA) is 30.5 Å². The van der Waals surface area contributed by atoms with Crippen LogP contribution in [0.15, 0.2) is 0 Å². The molecule has 0 unspecified atom stereocenters. The fraction of sp³-hybridized carbons (Fsp3) is 1.00. The largest absolute Gasteiger partial charge is 0.352 e. The van der Waals surface area contributed by atoms with Crippen LogP contribution < -0.4 is 5.32 Å². The Labute approximate surface area is 93.5 Å². The first-order valence-electron chi connectivity index (χ1n) is 6.18. The summed E-state index contributed by atoms with van der Waals surface area (Å²) in [5, 5.41) is 3.58. The van der Waals surface area contributed by atoms with Crippen LogP contribution in [0.2, 0.25) is 0 Å². The molecule has 1 fully saturated rings. The monoisotopic (exact) mass is 215 g/mol. The van der Waals surface area contributed by atoms with Crippen molar-refractivity contribution in [2.45, 2.75) is 58.3 Å². The van der Waals surface area contributed by atoms with E-state index in [-0.39, 0.29) is 6.29 Å². The highest BCUT2D eigenvalue weighted by atomic mass is 16.7. The minimum Gasteiger partial charge on any atom is -0.352 e. The molecule has 0 atom stereocenters. The summed E-state index contributed by atoms with van der Waals surface area (Å²) in [7, 11) is 0. The van der Waals surface area contributed by atoms with E-state index in [0.29, 0.717) is 18.8 Å². The Morgan fingerprint density at radius 2 is 1.67 bits per heavy atom. The second kappa shape index (κ2) is 6.46. The molecule has 15 heavy (non-hydrogen) atoms. The van der Waals surface area contributed by atoms with Gasteiger partial charge < -0.3 is 14.8 Å². The molecule has 1 aliphatic rings. The fourth-order valence-electron chi connectivity index (χ4n) is 2.20. The summed E-state index contributed by atoms with van der Waals surface area (Å²) in [6.45, 7) is 8.53. The molecule has 0 aliphatic heterocycles. The van der Waals surface area contributed by atoms with Gasteiger partial charge in [-0.3, -0.25) is 0 Å². The lowest BCUT2D eigenvalue weighted by molar-refractivity contribution is -0.135. The van der Waals surface area contributed by atoms with Crippen LogP contribution in [0.4, 0.5) is 0 Å². The third-order valence-corrected chi connectivity index (χ3v) is 3.11. The van der Waals surface area contributed by atoms with Gasteiger partial charge in [0.05, 0.1) is 0 Å². The summed E-state index contributed by atoms with van der Waals surface area (Å²) in [5.41, 5.74) is 0.312. The number of rotatable bonds is 7. The van der Waals surface area contributed by atoms with Gasteiger partial charge in [0.2, 0.25) is 0 Å². The molecular formula is C12H25NO2. The maximum atomic E-state index is 5.50. The molecule has 0 aromatic carbocycles. The highest BCUT2D eigenvalue weighted by molar-refractivity contribution is 4.88. The van der Waals surface area contributed by atoms with E-state index < -0.39 is 0 Å². The van der Waals surface area contributed by atoms with Crippen LogP contribution in [-0.2, 0) is 9.47 Å². The first kappa shape index (κ1) is 12.9. The van der Waals surface area contributed by atoms with E-state index in [4.69, 9.17) is 9.47 Å². The van der Waals surface area contributed by atoms with E-state index in [0.717, 1.165) is 6.54 Å². The summed E-state index contributed by atoms with van der Waals surface area (Å²) in [6.07, 6.45) is 5.16. The van der Waals surface area contributed by atoms with E-state index in [9.17, 15) is 0 Å². The molecule has 3 heteroatoms. The molecule has 0 radical (unpaired) electrons. The van der Waals surface area contributed by atoms with Gasteiger partial charge in [-0.05, 0) is 33.6 Å². The molecule has 90 valence electrons. The molecule has 0 saturated heterocycles. The number of nitrogens with one attached hydrogen (secondary N) is 1. The van der Waals surface area contributed by atoms with Crippen LogP contribution in [0.1, 0.15) is 46.5 Å². The SMILES string of the molecule is CCOC(CNC1(C)CCCC1)OCC. The number of ether oxygens (including phenoxy) is 2. The summed E-state index contributed by atoms with van der Waals surface area (Å²) in [5.74, 6) is 0. The van der Waals surface area contributed by atoms with Crippen molar-refractivity contribution in [1.29, 1.82) is 0 Å². The second-order valence-corrected chi connectivity index (χ2v) is 4.49. The summed E-state index contributed by atoms with van der Waals surface area (Å²) in [4.78, 5) is 0. The number of hydrogen-bond donors (Lipinski definition) is 1. The molecule has 3 nitrogen and oxygen atoms in total. The van der Waals surface area contributed by atoms with Gasteiger partial charge in [0.15, 0.2) is 6.29 Å². The molecular weight excluding hydrogens is 190 g/mol. The lowest BCUT2D eigenvalue weighted by Crippen LogP contribution is -2.45. The van der Waals surface area contributed by atoms with E-state index in [1.54, 1.807) is 0 Å². The van der Waals surface area contributed by atoms with Crippen molar-refractivity contribution >= 4 is 0 Å². The van der Waals surface area contributed by atoms with E-state index in [1.807, 2.05) is 13.8 Å². The van der Waals surface area contributed by atoms with Crippen LogP contribution in [0.3, 0.4) is 0 Å². The lowest BCUT2D eigenvalue weighted by Gasteiger charge is -2.28. The normalized spacial score (nSPS) is 20.0. The lowest BCUT2D eigenvalue weighted by atomic mass is 10.0. The second-order valence-electron chi connectivity index (χ2n) is 4.49. The molecule has 1 N–H and O–H groups in total. The highest BCUT2D eigenvalue weighted by Gasteiger charge is 2.28. The fourth-order valence-corrected chi connectivity index (χ4v) is 2.20. The molecule has 0 spiro atoms. The van der Waals surface area contributed by atoms with Crippen LogP contribution in [0.5, 0.6) is 0 Å². The van der Waals surface area contributed by atoms with Crippen LogP contribution in [-0.4, -0.2) is 31.6 Å². The van der Waals surface area contributed by atoms with Crippen molar-refractivity contribution in [3.8, 4) is 0 Å². The Kier molecular flexibility index (Phi) is 5.58. The smallest absolute Gasteiger partial charge is 0.169 e. The zero-order valence-electron chi connectivity index (χ0n) is 10.3.